The molecule has 3 aromatic heterocycles. The zero-order valence-electron chi connectivity index (χ0n) is 9.07. The van der Waals surface area contributed by atoms with E-state index >= 15 is 0 Å². The van der Waals surface area contributed by atoms with Gasteiger partial charge >= 0.3 is 0 Å². The lowest BCUT2D eigenvalue weighted by Crippen LogP contribution is -1.91. The Kier molecular flexibility index (Phi) is 2.23. The predicted molar refractivity (Wildman–Crippen MR) is 63.8 cm³/mol. The number of nitrogens with one attached hydrogen (secondary N) is 1. The van der Waals surface area contributed by atoms with E-state index in [9.17, 15) is 10.1 Å². The maximum atomic E-state index is 11.0. The fraction of sp³-hybridized carbons (Fsp3) is 0. The molecule has 0 atom stereocenters. The lowest BCUT2D eigenvalue weighted by molar-refractivity contribution is -0.383. The predicted octanol–water partition coefficient (Wildman–Crippen LogP) is 1.93. The summed E-state index contributed by atoms with van der Waals surface area (Å²) in [4.78, 5) is 25.5. The molecule has 0 aliphatic rings. The Morgan fingerprint density at radius 2 is 2.11 bits per heavy atom. The van der Waals surface area contributed by atoms with Crippen LogP contribution in [0.2, 0.25) is 0 Å². The second-order valence-electron chi connectivity index (χ2n) is 3.61. The third kappa shape index (κ3) is 1.49. The van der Waals surface area contributed by atoms with Crippen LogP contribution in [0.5, 0.6) is 0 Å². The van der Waals surface area contributed by atoms with Crippen LogP contribution in [0.3, 0.4) is 0 Å². The minimum atomic E-state index is -0.428. The van der Waals surface area contributed by atoms with Gasteiger partial charge in [-0.15, -0.1) is 0 Å². The molecule has 1 N–H and O–H groups in total. The van der Waals surface area contributed by atoms with Crippen molar-refractivity contribution >= 4 is 16.7 Å². The summed E-state index contributed by atoms with van der Waals surface area (Å²) < 4.78 is 0. The summed E-state index contributed by atoms with van der Waals surface area (Å²) in [5.41, 5.74) is 1.74. The number of pyridine rings is 1. The molecule has 0 unspecified atom stereocenters. The Morgan fingerprint density at radius 3 is 2.83 bits per heavy atom. The Hall–Kier alpha value is -2.83. The van der Waals surface area contributed by atoms with Gasteiger partial charge in [0.25, 0.3) is 5.69 Å². The molecule has 7 heteroatoms. The molecule has 3 rings (SSSR count). The van der Waals surface area contributed by atoms with Gasteiger partial charge in [0.2, 0.25) is 0 Å². The van der Waals surface area contributed by atoms with Crippen molar-refractivity contribution in [2.75, 3.05) is 0 Å². The highest BCUT2D eigenvalue weighted by atomic mass is 16.6. The highest BCUT2D eigenvalue weighted by Crippen LogP contribution is 2.32. The van der Waals surface area contributed by atoms with E-state index in [4.69, 9.17) is 0 Å². The first-order valence-electron chi connectivity index (χ1n) is 5.14. The summed E-state index contributed by atoms with van der Waals surface area (Å²) in [7, 11) is 0. The lowest BCUT2D eigenvalue weighted by Gasteiger charge is -1.98. The van der Waals surface area contributed by atoms with Gasteiger partial charge in [0, 0.05) is 30.2 Å². The number of aromatic nitrogens is 4. The summed E-state index contributed by atoms with van der Waals surface area (Å²) in [6.45, 7) is 0. The van der Waals surface area contributed by atoms with Gasteiger partial charge in [-0.3, -0.25) is 10.1 Å². The highest BCUT2D eigenvalue weighted by molar-refractivity contribution is 5.99. The summed E-state index contributed by atoms with van der Waals surface area (Å²) in [5, 5.41) is 11.5. The molecule has 0 spiro atoms. The van der Waals surface area contributed by atoms with Crippen LogP contribution in [0, 0.1) is 10.1 Å². The third-order valence-corrected chi connectivity index (χ3v) is 2.61. The molecule has 0 fully saturated rings. The number of H-pyrrole nitrogens is 1. The average Bonchev–Trinajstić information content (AvgIpc) is 2.83. The van der Waals surface area contributed by atoms with Crippen LogP contribution < -0.4 is 0 Å². The fourth-order valence-corrected chi connectivity index (χ4v) is 1.84. The first kappa shape index (κ1) is 10.3. The minimum Gasteiger partial charge on any atom is -0.345 e. The number of rotatable bonds is 2. The van der Waals surface area contributed by atoms with Crippen molar-refractivity contribution in [1.29, 1.82) is 0 Å². The molecule has 0 saturated carbocycles. The molecule has 88 valence electrons. The van der Waals surface area contributed by atoms with Crippen molar-refractivity contribution in [2.24, 2.45) is 0 Å². The SMILES string of the molecule is O=[N+]([O-])c1ccnc2[nH]cc(-c3ccncn3)c12. The van der Waals surface area contributed by atoms with Crippen molar-refractivity contribution in [2.45, 2.75) is 0 Å². The van der Waals surface area contributed by atoms with Crippen LogP contribution in [0.15, 0.2) is 37.1 Å². The van der Waals surface area contributed by atoms with Gasteiger partial charge in [-0.05, 0) is 6.07 Å². The fourth-order valence-electron chi connectivity index (χ4n) is 1.84. The highest BCUT2D eigenvalue weighted by Gasteiger charge is 2.18. The molecule has 3 heterocycles. The van der Waals surface area contributed by atoms with Crippen molar-refractivity contribution in [3.05, 3.63) is 47.2 Å². The van der Waals surface area contributed by atoms with Gasteiger partial charge in [-0.25, -0.2) is 15.0 Å². The number of nitrogens with zero attached hydrogens (tertiary/aromatic N) is 4. The molecule has 0 saturated heterocycles. The number of hydrogen-bond acceptors (Lipinski definition) is 5. The molecule has 0 bridgehead atoms. The standard InChI is InChI=1S/C11H7N5O2/c17-16(18)9-2-4-13-11-10(9)7(5-14-11)8-1-3-12-6-15-8/h1-6H,(H,13,14). The topological polar surface area (TPSA) is 97.6 Å². The molecule has 0 radical (unpaired) electrons. The largest absolute Gasteiger partial charge is 0.345 e. The second-order valence-corrected chi connectivity index (χ2v) is 3.61. The summed E-state index contributed by atoms with van der Waals surface area (Å²) >= 11 is 0. The maximum Gasteiger partial charge on any atom is 0.282 e. The molecule has 0 amide bonds. The minimum absolute atomic E-state index is 0.00913. The number of hydrogen-bond donors (Lipinski definition) is 1. The monoisotopic (exact) mass is 241 g/mol. The Balaban J connectivity index is 2.35. The third-order valence-electron chi connectivity index (χ3n) is 2.61. The van der Waals surface area contributed by atoms with Gasteiger partial charge < -0.3 is 4.98 Å². The first-order valence-corrected chi connectivity index (χ1v) is 5.14. The average molecular weight is 241 g/mol. The van der Waals surface area contributed by atoms with Crippen molar-refractivity contribution < 1.29 is 4.92 Å². The molecule has 0 aromatic carbocycles. The van der Waals surface area contributed by atoms with E-state index in [2.05, 4.69) is 19.9 Å². The Labute approximate surface area is 101 Å². The number of fused-ring (bicyclic) bond motifs is 1. The van der Waals surface area contributed by atoms with E-state index in [1.807, 2.05) is 0 Å². The van der Waals surface area contributed by atoms with E-state index in [0.717, 1.165) is 0 Å². The Morgan fingerprint density at radius 1 is 1.22 bits per heavy atom. The van der Waals surface area contributed by atoms with Gasteiger partial charge in [0.1, 0.15) is 17.4 Å². The molecular formula is C11H7N5O2. The number of nitro groups is 1. The van der Waals surface area contributed by atoms with Crippen molar-refractivity contribution in [3.63, 3.8) is 0 Å². The van der Waals surface area contributed by atoms with Gasteiger partial charge in [-0.2, -0.15) is 0 Å². The molecule has 0 aliphatic heterocycles. The van der Waals surface area contributed by atoms with E-state index in [1.165, 1.54) is 18.6 Å². The Bertz CT molecular complexity index is 723. The maximum absolute atomic E-state index is 11.0. The molecule has 3 aromatic rings. The molecule has 7 nitrogen and oxygen atoms in total. The first-order chi connectivity index (χ1) is 8.77. The summed E-state index contributed by atoms with van der Waals surface area (Å²) in [6.07, 6.45) is 6.05. The van der Waals surface area contributed by atoms with Crippen LogP contribution in [0.4, 0.5) is 5.69 Å². The van der Waals surface area contributed by atoms with Crippen LogP contribution in [-0.4, -0.2) is 24.9 Å². The van der Waals surface area contributed by atoms with E-state index in [1.54, 1.807) is 18.5 Å². The zero-order valence-corrected chi connectivity index (χ0v) is 9.07. The van der Waals surface area contributed by atoms with E-state index < -0.39 is 4.92 Å². The van der Waals surface area contributed by atoms with Gasteiger partial charge in [-0.1, -0.05) is 0 Å². The smallest absolute Gasteiger partial charge is 0.282 e. The van der Waals surface area contributed by atoms with E-state index in [-0.39, 0.29) is 5.69 Å². The van der Waals surface area contributed by atoms with Gasteiger partial charge in [0.05, 0.1) is 10.6 Å². The lowest BCUT2D eigenvalue weighted by atomic mass is 10.1. The molecular weight excluding hydrogens is 234 g/mol. The van der Waals surface area contributed by atoms with Crippen LogP contribution in [-0.2, 0) is 0 Å². The quantitative estimate of drug-likeness (QED) is 0.546. The van der Waals surface area contributed by atoms with Crippen LogP contribution in [0.25, 0.3) is 22.3 Å². The van der Waals surface area contributed by atoms with Crippen molar-refractivity contribution in [3.8, 4) is 11.3 Å². The number of aromatic amines is 1. The summed E-state index contributed by atoms with van der Waals surface area (Å²) in [5.74, 6) is 0. The zero-order chi connectivity index (χ0) is 12.5. The van der Waals surface area contributed by atoms with Crippen LogP contribution in [0.1, 0.15) is 0 Å². The van der Waals surface area contributed by atoms with Gasteiger partial charge in [0.15, 0.2) is 0 Å². The van der Waals surface area contributed by atoms with Crippen LogP contribution >= 0.6 is 0 Å². The molecule has 0 aliphatic carbocycles. The second kappa shape index (κ2) is 3.88. The van der Waals surface area contributed by atoms with E-state index in [0.29, 0.717) is 22.3 Å². The van der Waals surface area contributed by atoms with Crippen molar-refractivity contribution in [1.82, 2.24) is 19.9 Å². The molecule has 18 heavy (non-hydrogen) atoms. The summed E-state index contributed by atoms with van der Waals surface area (Å²) in [6, 6.07) is 3.07. The normalized spacial score (nSPS) is 10.7.